The van der Waals surface area contributed by atoms with E-state index in [-0.39, 0.29) is 5.95 Å². The summed E-state index contributed by atoms with van der Waals surface area (Å²) in [5.74, 6) is 0.792. The molecule has 0 amide bonds. The quantitative estimate of drug-likeness (QED) is 0.894. The third-order valence-electron chi connectivity index (χ3n) is 3.02. The first kappa shape index (κ1) is 13.6. The second kappa shape index (κ2) is 5.44. The molecular formula is C12H17ClN6. The number of aryl methyl sites for hydroxylation is 2. The van der Waals surface area contributed by atoms with E-state index in [1.807, 2.05) is 20.2 Å². The number of nitrogens with one attached hydrogen (secondary N) is 1. The van der Waals surface area contributed by atoms with Crippen molar-refractivity contribution in [1.82, 2.24) is 19.5 Å². The summed E-state index contributed by atoms with van der Waals surface area (Å²) >= 11 is 6.12. The van der Waals surface area contributed by atoms with Gasteiger partial charge < -0.3 is 15.6 Å². The summed E-state index contributed by atoms with van der Waals surface area (Å²) in [6.45, 7) is 7.31. The fourth-order valence-corrected chi connectivity index (χ4v) is 1.91. The summed E-state index contributed by atoms with van der Waals surface area (Å²) < 4.78 is 2.08. The zero-order valence-corrected chi connectivity index (χ0v) is 12.0. The summed E-state index contributed by atoms with van der Waals surface area (Å²) in [6.07, 6.45) is 1.83. The number of imidazole rings is 1. The van der Waals surface area contributed by atoms with Crippen LogP contribution in [0.4, 0.5) is 11.8 Å². The minimum Gasteiger partial charge on any atom is -0.368 e. The summed E-state index contributed by atoms with van der Waals surface area (Å²) in [6, 6.07) is 0. The van der Waals surface area contributed by atoms with Crippen LogP contribution >= 0.6 is 11.6 Å². The number of hydrogen-bond acceptors (Lipinski definition) is 5. The third kappa shape index (κ3) is 2.96. The van der Waals surface area contributed by atoms with Crippen LogP contribution in [0.5, 0.6) is 0 Å². The van der Waals surface area contributed by atoms with Gasteiger partial charge in [0, 0.05) is 18.8 Å². The second-order valence-corrected chi connectivity index (χ2v) is 4.74. The van der Waals surface area contributed by atoms with Gasteiger partial charge >= 0.3 is 0 Å². The molecule has 19 heavy (non-hydrogen) atoms. The predicted octanol–water partition coefficient (Wildman–Crippen LogP) is 1.95. The lowest BCUT2D eigenvalue weighted by molar-refractivity contribution is 0.704. The molecule has 0 unspecified atom stereocenters. The molecule has 7 heteroatoms. The molecule has 0 aromatic carbocycles. The van der Waals surface area contributed by atoms with Crippen LogP contribution in [0.2, 0.25) is 5.02 Å². The van der Waals surface area contributed by atoms with Gasteiger partial charge in [-0.15, -0.1) is 0 Å². The molecule has 0 atom stereocenters. The van der Waals surface area contributed by atoms with Gasteiger partial charge in [-0.3, -0.25) is 0 Å². The fourth-order valence-electron chi connectivity index (χ4n) is 1.76. The smallest absolute Gasteiger partial charge is 0.222 e. The SMILES string of the molecule is Cc1nc(N)nc(NCCn2cnc(C)c2C)c1Cl. The van der Waals surface area contributed by atoms with Gasteiger partial charge in [0.05, 0.1) is 17.7 Å². The van der Waals surface area contributed by atoms with Crippen molar-refractivity contribution < 1.29 is 0 Å². The summed E-state index contributed by atoms with van der Waals surface area (Å²) in [4.78, 5) is 12.3. The van der Waals surface area contributed by atoms with Crippen LogP contribution in [0, 0.1) is 20.8 Å². The Kier molecular flexibility index (Phi) is 3.90. The molecule has 0 bridgehead atoms. The summed E-state index contributed by atoms with van der Waals surface area (Å²) in [5, 5.41) is 3.68. The molecule has 2 heterocycles. The van der Waals surface area contributed by atoms with Crippen molar-refractivity contribution in [2.24, 2.45) is 0 Å². The van der Waals surface area contributed by atoms with E-state index in [0.29, 0.717) is 23.1 Å². The largest absolute Gasteiger partial charge is 0.368 e. The van der Waals surface area contributed by atoms with Crippen LogP contribution < -0.4 is 11.1 Å². The number of aromatic nitrogens is 4. The molecule has 0 aliphatic carbocycles. The number of anilines is 2. The minimum atomic E-state index is 0.221. The van der Waals surface area contributed by atoms with Crippen LogP contribution in [0.25, 0.3) is 0 Å². The number of rotatable bonds is 4. The lowest BCUT2D eigenvalue weighted by Crippen LogP contribution is -2.13. The summed E-state index contributed by atoms with van der Waals surface area (Å²) in [5.41, 5.74) is 8.48. The highest BCUT2D eigenvalue weighted by Crippen LogP contribution is 2.22. The number of hydrogen-bond donors (Lipinski definition) is 2. The zero-order valence-electron chi connectivity index (χ0n) is 11.2. The highest BCUT2D eigenvalue weighted by molar-refractivity contribution is 6.33. The van der Waals surface area contributed by atoms with E-state index < -0.39 is 0 Å². The Morgan fingerprint density at radius 1 is 1.26 bits per heavy atom. The van der Waals surface area contributed by atoms with E-state index in [9.17, 15) is 0 Å². The molecule has 3 N–H and O–H groups in total. The maximum absolute atomic E-state index is 6.12. The van der Waals surface area contributed by atoms with Crippen LogP contribution in [-0.4, -0.2) is 26.1 Å². The van der Waals surface area contributed by atoms with Gasteiger partial charge in [-0.25, -0.2) is 9.97 Å². The maximum atomic E-state index is 6.12. The topological polar surface area (TPSA) is 81.6 Å². The monoisotopic (exact) mass is 280 g/mol. The Labute approximate surface area is 117 Å². The molecule has 0 spiro atoms. The van der Waals surface area contributed by atoms with Crippen LogP contribution in [-0.2, 0) is 6.54 Å². The van der Waals surface area contributed by atoms with E-state index in [0.717, 1.165) is 17.9 Å². The van der Waals surface area contributed by atoms with Gasteiger partial charge in [0.1, 0.15) is 5.02 Å². The third-order valence-corrected chi connectivity index (χ3v) is 3.48. The first-order chi connectivity index (χ1) is 8.99. The van der Waals surface area contributed by atoms with Gasteiger partial charge in [-0.05, 0) is 20.8 Å². The predicted molar refractivity (Wildman–Crippen MR) is 76.4 cm³/mol. The molecule has 2 rings (SSSR count). The highest BCUT2D eigenvalue weighted by Gasteiger charge is 2.08. The van der Waals surface area contributed by atoms with E-state index in [4.69, 9.17) is 17.3 Å². The van der Waals surface area contributed by atoms with Crippen molar-refractivity contribution in [3.63, 3.8) is 0 Å². The van der Waals surface area contributed by atoms with Gasteiger partial charge in [-0.2, -0.15) is 4.98 Å². The lowest BCUT2D eigenvalue weighted by atomic mass is 10.4. The normalized spacial score (nSPS) is 10.7. The molecule has 2 aromatic heterocycles. The van der Waals surface area contributed by atoms with Crippen LogP contribution in [0.1, 0.15) is 17.1 Å². The first-order valence-corrected chi connectivity index (χ1v) is 6.38. The summed E-state index contributed by atoms with van der Waals surface area (Å²) in [7, 11) is 0. The van der Waals surface area contributed by atoms with Crippen molar-refractivity contribution in [3.8, 4) is 0 Å². The molecule has 2 aromatic rings. The van der Waals surface area contributed by atoms with E-state index in [2.05, 4.69) is 24.8 Å². The van der Waals surface area contributed by atoms with Gasteiger partial charge in [-0.1, -0.05) is 11.6 Å². The van der Waals surface area contributed by atoms with Gasteiger partial charge in [0.25, 0.3) is 0 Å². The molecule has 102 valence electrons. The van der Waals surface area contributed by atoms with E-state index in [1.165, 1.54) is 0 Å². The number of nitrogen functional groups attached to an aromatic ring is 1. The molecule has 0 saturated heterocycles. The lowest BCUT2D eigenvalue weighted by Gasteiger charge is -2.10. The molecule has 0 fully saturated rings. The number of nitrogens with zero attached hydrogens (tertiary/aromatic N) is 4. The molecule has 6 nitrogen and oxygen atoms in total. The number of halogens is 1. The average Bonchev–Trinajstić information content (AvgIpc) is 2.67. The molecule has 0 aliphatic heterocycles. The minimum absolute atomic E-state index is 0.221. The maximum Gasteiger partial charge on any atom is 0.222 e. The Hall–Kier alpha value is -1.82. The van der Waals surface area contributed by atoms with Crippen LogP contribution in [0.3, 0.4) is 0 Å². The van der Waals surface area contributed by atoms with E-state index >= 15 is 0 Å². The standard InChI is InChI=1S/C12H17ClN6/c1-7-9(3)19(6-16-7)5-4-15-11-10(13)8(2)17-12(14)18-11/h6H,4-5H2,1-3H3,(H3,14,15,17,18). The first-order valence-electron chi connectivity index (χ1n) is 6.01. The molecule has 0 radical (unpaired) electrons. The highest BCUT2D eigenvalue weighted by atomic mass is 35.5. The van der Waals surface area contributed by atoms with Crippen molar-refractivity contribution in [2.75, 3.05) is 17.6 Å². The fraction of sp³-hybridized carbons (Fsp3) is 0.417. The molecular weight excluding hydrogens is 264 g/mol. The Balaban J connectivity index is 2.02. The molecule has 0 aliphatic rings. The second-order valence-electron chi connectivity index (χ2n) is 4.37. The Bertz CT molecular complexity index is 592. The van der Waals surface area contributed by atoms with Crippen molar-refractivity contribution in [1.29, 1.82) is 0 Å². The van der Waals surface area contributed by atoms with E-state index in [1.54, 1.807) is 6.92 Å². The van der Waals surface area contributed by atoms with Crippen molar-refractivity contribution >= 4 is 23.4 Å². The van der Waals surface area contributed by atoms with Gasteiger partial charge in [0.15, 0.2) is 5.82 Å². The van der Waals surface area contributed by atoms with Crippen LogP contribution in [0.15, 0.2) is 6.33 Å². The van der Waals surface area contributed by atoms with Crippen molar-refractivity contribution in [3.05, 3.63) is 28.4 Å². The zero-order chi connectivity index (χ0) is 14.0. The van der Waals surface area contributed by atoms with Crippen molar-refractivity contribution in [2.45, 2.75) is 27.3 Å². The van der Waals surface area contributed by atoms with Gasteiger partial charge in [0.2, 0.25) is 5.95 Å². The Morgan fingerprint density at radius 3 is 2.63 bits per heavy atom. The average molecular weight is 281 g/mol. The molecule has 0 saturated carbocycles. The number of nitrogens with two attached hydrogens (primary N) is 1. The Morgan fingerprint density at radius 2 is 2.00 bits per heavy atom.